The molecule has 1 aliphatic rings. The Hall–Kier alpha value is -3.93. The molecule has 0 bridgehead atoms. The maximum atomic E-state index is 13.3. The van der Waals surface area contributed by atoms with E-state index < -0.39 is 17.8 Å². The fourth-order valence-electron chi connectivity index (χ4n) is 4.35. The summed E-state index contributed by atoms with van der Waals surface area (Å²) >= 11 is 0. The number of para-hydroxylation sites is 1. The number of anilines is 1. The molecule has 1 atom stereocenters. The van der Waals surface area contributed by atoms with E-state index >= 15 is 0 Å². The second-order valence-corrected chi connectivity index (χ2v) is 8.81. The zero-order chi connectivity index (χ0) is 24.6. The summed E-state index contributed by atoms with van der Waals surface area (Å²) in [6, 6.07) is 16.6. The molecule has 2 heterocycles. The van der Waals surface area contributed by atoms with Crippen LogP contribution in [0.4, 0.5) is 10.5 Å². The summed E-state index contributed by atoms with van der Waals surface area (Å²) in [5, 5.41) is 2.31. The molecular weight excluding hydrogens is 426 g/mol. The van der Waals surface area contributed by atoms with Crippen LogP contribution < -0.4 is 10.2 Å². The molecule has 1 fully saturated rings. The van der Waals surface area contributed by atoms with Gasteiger partial charge in [0.1, 0.15) is 5.57 Å². The largest absolute Gasteiger partial charge is 0.335 e. The van der Waals surface area contributed by atoms with E-state index in [0.29, 0.717) is 11.6 Å². The first-order chi connectivity index (χ1) is 16.2. The van der Waals surface area contributed by atoms with Gasteiger partial charge in [-0.1, -0.05) is 44.2 Å². The molecule has 6 nitrogen and oxygen atoms in total. The zero-order valence-electron chi connectivity index (χ0n) is 20.2. The highest BCUT2D eigenvalue weighted by atomic mass is 16.2. The van der Waals surface area contributed by atoms with Gasteiger partial charge in [-0.25, -0.2) is 9.69 Å². The predicted molar refractivity (Wildman–Crippen MR) is 134 cm³/mol. The summed E-state index contributed by atoms with van der Waals surface area (Å²) in [7, 11) is 0. The molecule has 6 heteroatoms. The van der Waals surface area contributed by atoms with E-state index in [9.17, 15) is 14.4 Å². The number of aromatic nitrogens is 1. The number of carbonyl (C=O) groups excluding carboxylic acids is 3. The minimum Gasteiger partial charge on any atom is -0.318 e. The lowest BCUT2D eigenvalue weighted by Gasteiger charge is -2.26. The zero-order valence-corrected chi connectivity index (χ0v) is 20.2. The second kappa shape index (κ2) is 9.14. The number of benzene rings is 2. The van der Waals surface area contributed by atoms with Gasteiger partial charge in [0, 0.05) is 17.1 Å². The number of imide groups is 2. The summed E-state index contributed by atoms with van der Waals surface area (Å²) in [6.45, 7) is 10.2. The second-order valence-electron chi connectivity index (χ2n) is 8.81. The minimum absolute atomic E-state index is 0.0735. The lowest BCUT2D eigenvalue weighted by atomic mass is 9.98. The first-order valence-electron chi connectivity index (χ1n) is 11.5. The number of hydrogen-bond acceptors (Lipinski definition) is 3. The summed E-state index contributed by atoms with van der Waals surface area (Å²) in [4.78, 5) is 39.6. The van der Waals surface area contributed by atoms with E-state index in [1.54, 1.807) is 18.2 Å². The molecule has 2 aromatic carbocycles. The number of urea groups is 1. The Balaban J connectivity index is 1.72. The van der Waals surface area contributed by atoms with E-state index in [2.05, 4.69) is 23.7 Å². The summed E-state index contributed by atoms with van der Waals surface area (Å²) in [5.74, 6) is -0.950. The SMILES string of the molecule is CCC(C)c1ccc(N2C(=O)NC(=O)/C(=C\c3cc(C)n(-c4ccccc4C)c3C)C2=O)cc1. The standard InChI is InChI=1S/C28H29N3O3/c1-6-17(2)21-11-13-23(14-12-21)31-27(33)24(26(32)29-28(31)34)16-22-15-19(4)30(20(22)5)25-10-8-7-9-18(25)3/h7-17H,6H2,1-5H3,(H,29,32,34)/b24-16+. The first-order valence-corrected chi connectivity index (χ1v) is 11.5. The molecule has 1 aliphatic heterocycles. The molecule has 1 unspecified atom stereocenters. The van der Waals surface area contributed by atoms with Crippen molar-refractivity contribution in [1.29, 1.82) is 0 Å². The molecule has 0 saturated carbocycles. The number of carbonyl (C=O) groups is 3. The van der Waals surface area contributed by atoms with E-state index in [1.165, 1.54) is 0 Å². The van der Waals surface area contributed by atoms with Crippen molar-refractivity contribution >= 4 is 29.6 Å². The van der Waals surface area contributed by atoms with Crippen LogP contribution in [-0.4, -0.2) is 22.4 Å². The number of hydrogen-bond donors (Lipinski definition) is 1. The van der Waals surface area contributed by atoms with Crippen molar-refractivity contribution < 1.29 is 14.4 Å². The van der Waals surface area contributed by atoms with Crippen molar-refractivity contribution in [2.75, 3.05) is 4.90 Å². The summed E-state index contributed by atoms with van der Waals surface area (Å²) in [5.41, 5.74) is 6.28. The number of nitrogens with zero attached hydrogens (tertiary/aromatic N) is 2. The lowest BCUT2D eigenvalue weighted by molar-refractivity contribution is -0.122. The van der Waals surface area contributed by atoms with Crippen molar-refractivity contribution in [3.05, 3.63) is 88.2 Å². The van der Waals surface area contributed by atoms with Crippen LogP contribution in [0.15, 0.2) is 60.2 Å². The van der Waals surface area contributed by atoms with E-state index in [0.717, 1.165) is 45.1 Å². The Morgan fingerprint density at radius 3 is 2.29 bits per heavy atom. The molecule has 174 valence electrons. The average molecular weight is 456 g/mol. The highest BCUT2D eigenvalue weighted by molar-refractivity contribution is 6.39. The van der Waals surface area contributed by atoms with Gasteiger partial charge in [0.15, 0.2) is 0 Å². The molecule has 34 heavy (non-hydrogen) atoms. The van der Waals surface area contributed by atoms with Crippen LogP contribution in [0.5, 0.6) is 0 Å². The van der Waals surface area contributed by atoms with Crippen LogP contribution in [0.3, 0.4) is 0 Å². The van der Waals surface area contributed by atoms with E-state index in [1.807, 2.05) is 63.2 Å². The fourth-order valence-corrected chi connectivity index (χ4v) is 4.35. The van der Waals surface area contributed by atoms with Crippen LogP contribution in [0.2, 0.25) is 0 Å². The highest BCUT2D eigenvalue weighted by Crippen LogP contribution is 2.28. The van der Waals surface area contributed by atoms with Crippen LogP contribution in [0.1, 0.15) is 54.3 Å². The molecule has 3 aromatic rings. The van der Waals surface area contributed by atoms with Crippen molar-refractivity contribution in [3.8, 4) is 5.69 Å². The normalized spacial score (nSPS) is 16.2. The number of nitrogens with one attached hydrogen (secondary N) is 1. The van der Waals surface area contributed by atoms with Crippen LogP contribution in [-0.2, 0) is 9.59 Å². The van der Waals surface area contributed by atoms with Gasteiger partial charge in [-0.3, -0.25) is 14.9 Å². The Kier molecular flexibility index (Phi) is 6.24. The van der Waals surface area contributed by atoms with Gasteiger partial charge in [0.25, 0.3) is 11.8 Å². The maximum absolute atomic E-state index is 13.3. The molecule has 1 aromatic heterocycles. The lowest BCUT2D eigenvalue weighted by Crippen LogP contribution is -2.54. The average Bonchev–Trinajstić information content (AvgIpc) is 3.09. The van der Waals surface area contributed by atoms with Crippen molar-refractivity contribution in [3.63, 3.8) is 0 Å². The van der Waals surface area contributed by atoms with Gasteiger partial charge in [-0.15, -0.1) is 0 Å². The Morgan fingerprint density at radius 2 is 1.65 bits per heavy atom. The number of barbiturate groups is 1. The molecular formula is C28H29N3O3. The number of amides is 4. The Labute approximate surface area is 199 Å². The van der Waals surface area contributed by atoms with Crippen LogP contribution >= 0.6 is 0 Å². The molecule has 4 amide bonds. The molecule has 0 radical (unpaired) electrons. The molecule has 0 spiro atoms. The Morgan fingerprint density at radius 1 is 0.971 bits per heavy atom. The predicted octanol–water partition coefficient (Wildman–Crippen LogP) is 5.58. The third kappa shape index (κ3) is 4.07. The van der Waals surface area contributed by atoms with E-state index in [-0.39, 0.29) is 5.57 Å². The molecule has 1 saturated heterocycles. The molecule has 0 aliphatic carbocycles. The van der Waals surface area contributed by atoms with Gasteiger partial charge >= 0.3 is 6.03 Å². The van der Waals surface area contributed by atoms with Gasteiger partial charge in [-0.05, 0) is 80.1 Å². The number of aryl methyl sites for hydroxylation is 2. The smallest absolute Gasteiger partial charge is 0.318 e. The van der Waals surface area contributed by atoms with Gasteiger partial charge < -0.3 is 4.57 Å². The third-order valence-corrected chi connectivity index (χ3v) is 6.56. The quantitative estimate of drug-likeness (QED) is 0.403. The highest BCUT2D eigenvalue weighted by Gasteiger charge is 2.37. The Bertz CT molecular complexity index is 1320. The monoisotopic (exact) mass is 455 g/mol. The van der Waals surface area contributed by atoms with Gasteiger partial charge in [0.2, 0.25) is 0 Å². The van der Waals surface area contributed by atoms with E-state index in [4.69, 9.17) is 0 Å². The van der Waals surface area contributed by atoms with Gasteiger partial charge in [-0.2, -0.15) is 0 Å². The minimum atomic E-state index is -0.742. The molecule has 4 rings (SSSR count). The van der Waals surface area contributed by atoms with Crippen LogP contribution in [0, 0.1) is 20.8 Å². The third-order valence-electron chi connectivity index (χ3n) is 6.56. The fraction of sp³-hybridized carbons (Fsp3) is 0.250. The summed E-state index contributed by atoms with van der Waals surface area (Å²) < 4.78 is 2.10. The molecule has 1 N–H and O–H groups in total. The van der Waals surface area contributed by atoms with Crippen molar-refractivity contribution in [2.24, 2.45) is 0 Å². The number of rotatable bonds is 5. The first kappa shape index (κ1) is 23.2. The maximum Gasteiger partial charge on any atom is 0.335 e. The summed E-state index contributed by atoms with van der Waals surface area (Å²) in [6.07, 6.45) is 2.56. The topological polar surface area (TPSA) is 71.4 Å². The van der Waals surface area contributed by atoms with Crippen molar-refractivity contribution in [2.45, 2.75) is 47.0 Å². The van der Waals surface area contributed by atoms with Gasteiger partial charge in [0.05, 0.1) is 5.69 Å². The van der Waals surface area contributed by atoms with Crippen molar-refractivity contribution in [1.82, 2.24) is 9.88 Å². The van der Waals surface area contributed by atoms with Crippen LogP contribution in [0.25, 0.3) is 11.8 Å².